The molecule has 0 bridgehead atoms. The molecule has 5 aliphatic carbocycles. The van der Waals surface area contributed by atoms with Gasteiger partial charge in [-0.15, -0.1) is 0 Å². The summed E-state index contributed by atoms with van der Waals surface area (Å²) < 4.78 is 0. The summed E-state index contributed by atoms with van der Waals surface area (Å²) in [4.78, 5) is 0. The van der Waals surface area contributed by atoms with Gasteiger partial charge in [0.25, 0.3) is 0 Å². The zero-order valence-electron chi connectivity index (χ0n) is 20.1. The van der Waals surface area contributed by atoms with Gasteiger partial charge >= 0.3 is 0 Å². The van der Waals surface area contributed by atoms with Crippen LogP contribution in [0, 0.1) is 44.8 Å². The number of hydrogen-bond donors (Lipinski definition) is 3. The Hall–Kier alpha value is -0.120. The van der Waals surface area contributed by atoms with Crippen molar-refractivity contribution in [1.82, 2.24) is 10.6 Å². The molecule has 0 saturated heterocycles. The first-order valence-electron chi connectivity index (χ1n) is 12.6. The standard InChI is InChI=1S/C26H46N2O/c1-16(27-6)21-17(29)14-24(5)19-9-8-18-22(2,3)20(28-7)10-11-25(18)15-26(19,25)13-12-23(21,24)4/h16-21,27-29H,8-15H2,1-7H3/t16-,17+,18-,19-,20+,21-,23+,24-,25+,26-/m0/s1. The average molecular weight is 403 g/mol. The maximum Gasteiger partial charge on any atom is 0.0594 e. The third-order valence-corrected chi connectivity index (χ3v) is 12.5. The van der Waals surface area contributed by atoms with E-state index in [9.17, 15) is 5.11 Å². The molecule has 5 saturated carbocycles. The van der Waals surface area contributed by atoms with Crippen molar-refractivity contribution in [3.05, 3.63) is 0 Å². The molecule has 0 aromatic rings. The number of aliphatic hydroxyl groups is 1. The molecular weight excluding hydrogens is 356 g/mol. The predicted molar refractivity (Wildman–Crippen MR) is 120 cm³/mol. The molecule has 0 heterocycles. The highest BCUT2D eigenvalue weighted by molar-refractivity contribution is 5.31. The minimum atomic E-state index is -0.147. The Balaban J connectivity index is 1.52. The fourth-order valence-electron chi connectivity index (χ4n) is 11.1. The SMILES string of the molecule is CN[C@@H](C)[C@H]1[C@H](O)C[C@@]2(C)[C@@H]3CC[C@H]4C(C)(C)[C@H](NC)CC[C@@]45C[C@@]35CC[C@]12C. The molecular formula is C26H46N2O. The van der Waals surface area contributed by atoms with Gasteiger partial charge in [0, 0.05) is 18.0 Å². The van der Waals surface area contributed by atoms with E-state index in [1.807, 2.05) is 0 Å². The monoisotopic (exact) mass is 402 g/mol. The van der Waals surface area contributed by atoms with Gasteiger partial charge in [0.2, 0.25) is 0 Å². The van der Waals surface area contributed by atoms with Crippen molar-refractivity contribution in [2.24, 2.45) is 44.8 Å². The van der Waals surface area contributed by atoms with Gasteiger partial charge in [0.15, 0.2) is 0 Å². The summed E-state index contributed by atoms with van der Waals surface area (Å²) in [6.07, 6.45) is 10.7. The largest absolute Gasteiger partial charge is 0.393 e. The minimum absolute atomic E-state index is 0.147. The minimum Gasteiger partial charge on any atom is -0.393 e. The highest BCUT2D eigenvalue weighted by atomic mass is 16.3. The van der Waals surface area contributed by atoms with Crippen LogP contribution in [0.2, 0.25) is 0 Å². The van der Waals surface area contributed by atoms with Gasteiger partial charge in [0.1, 0.15) is 0 Å². The Morgan fingerprint density at radius 1 is 0.862 bits per heavy atom. The molecule has 5 fully saturated rings. The van der Waals surface area contributed by atoms with Gasteiger partial charge in [-0.25, -0.2) is 0 Å². The molecule has 0 aliphatic heterocycles. The Bertz CT molecular complexity index is 692. The van der Waals surface area contributed by atoms with Gasteiger partial charge in [-0.3, -0.25) is 0 Å². The van der Waals surface area contributed by atoms with Crippen molar-refractivity contribution in [3.63, 3.8) is 0 Å². The van der Waals surface area contributed by atoms with Crippen molar-refractivity contribution in [2.45, 2.75) is 104 Å². The van der Waals surface area contributed by atoms with Gasteiger partial charge in [-0.05, 0) is 111 Å². The lowest BCUT2D eigenvalue weighted by Crippen LogP contribution is -2.59. The van der Waals surface area contributed by atoms with Crippen LogP contribution in [0.15, 0.2) is 0 Å². The molecule has 0 aromatic heterocycles. The van der Waals surface area contributed by atoms with Crippen molar-refractivity contribution in [3.8, 4) is 0 Å². The lowest BCUT2D eigenvalue weighted by atomic mass is 9.42. The molecule has 10 atom stereocenters. The summed E-state index contributed by atoms with van der Waals surface area (Å²) in [5.41, 5.74) is 2.14. The smallest absolute Gasteiger partial charge is 0.0594 e. The molecule has 2 spiro atoms. The molecule has 3 nitrogen and oxygen atoms in total. The molecule has 3 N–H and O–H groups in total. The highest BCUT2D eigenvalue weighted by Crippen LogP contribution is 2.88. The van der Waals surface area contributed by atoms with Gasteiger partial charge in [0.05, 0.1) is 6.10 Å². The summed E-state index contributed by atoms with van der Waals surface area (Å²) in [5, 5.41) is 18.4. The molecule has 29 heavy (non-hydrogen) atoms. The van der Waals surface area contributed by atoms with Gasteiger partial charge in [-0.2, -0.15) is 0 Å². The first-order chi connectivity index (χ1) is 13.5. The maximum atomic E-state index is 11.3. The number of fused-ring (bicyclic) bond motifs is 2. The van der Waals surface area contributed by atoms with E-state index in [2.05, 4.69) is 59.3 Å². The van der Waals surface area contributed by atoms with Crippen LogP contribution < -0.4 is 10.6 Å². The van der Waals surface area contributed by atoms with Gasteiger partial charge < -0.3 is 15.7 Å². The second-order valence-corrected chi connectivity index (χ2v) is 13.1. The van der Waals surface area contributed by atoms with E-state index in [1.165, 1.54) is 44.9 Å². The third kappa shape index (κ3) is 2.16. The summed E-state index contributed by atoms with van der Waals surface area (Å²) >= 11 is 0. The summed E-state index contributed by atoms with van der Waals surface area (Å²) in [6, 6.07) is 1.06. The Morgan fingerprint density at radius 2 is 1.52 bits per heavy atom. The molecule has 166 valence electrons. The molecule has 0 unspecified atom stereocenters. The van der Waals surface area contributed by atoms with Crippen LogP contribution in [0.1, 0.15) is 86.0 Å². The van der Waals surface area contributed by atoms with E-state index in [0.717, 1.165) is 18.3 Å². The average Bonchev–Trinajstić information content (AvgIpc) is 3.26. The fraction of sp³-hybridized carbons (Fsp3) is 1.00. The summed E-state index contributed by atoms with van der Waals surface area (Å²) in [5.74, 6) is 2.08. The molecule has 0 aromatic carbocycles. The lowest BCUT2D eigenvalue weighted by molar-refractivity contribution is -0.144. The van der Waals surface area contributed by atoms with Crippen LogP contribution in [0.3, 0.4) is 0 Å². The third-order valence-electron chi connectivity index (χ3n) is 12.5. The topological polar surface area (TPSA) is 44.3 Å². The first-order valence-corrected chi connectivity index (χ1v) is 12.6. The molecule has 5 rings (SSSR count). The number of aliphatic hydroxyl groups excluding tert-OH is 1. The zero-order chi connectivity index (χ0) is 21.0. The number of hydrogen-bond acceptors (Lipinski definition) is 3. The Kier molecular flexibility index (Phi) is 4.31. The van der Waals surface area contributed by atoms with E-state index >= 15 is 0 Å². The van der Waals surface area contributed by atoms with Crippen LogP contribution in [0.25, 0.3) is 0 Å². The molecule has 5 aliphatic rings. The van der Waals surface area contributed by atoms with Crippen molar-refractivity contribution < 1.29 is 5.11 Å². The molecule has 0 radical (unpaired) electrons. The Labute approximate surface area is 179 Å². The quantitative estimate of drug-likeness (QED) is 0.647. The van der Waals surface area contributed by atoms with E-state index < -0.39 is 0 Å². The van der Waals surface area contributed by atoms with Crippen molar-refractivity contribution in [2.75, 3.05) is 14.1 Å². The maximum absolute atomic E-state index is 11.3. The first kappa shape index (κ1) is 20.8. The summed E-state index contributed by atoms with van der Waals surface area (Å²) in [7, 11) is 4.25. The van der Waals surface area contributed by atoms with Crippen LogP contribution in [0.4, 0.5) is 0 Å². The van der Waals surface area contributed by atoms with Crippen LogP contribution in [-0.4, -0.2) is 37.4 Å². The fourth-order valence-corrected chi connectivity index (χ4v) is 11.1. The highest BCUT2D eigenvalue weighted by Gasteiger charge is 2.82. The van der Waals surface area contributed by atoms with Crippen molar-refractivity contribution >= 4 is 0 Å². The normalized spacial score (nSPS) is 58.6. The van der Waals surface area contributed by atoms with Gasteiger partial charge in [-0.1, -0.05) is 27.7 Å². The number of rotatable bonds is 3. The van der Waals surface area contributed by atoms with Crippen LogP contribution in [-0.2, 0) is 0 Å². The number of nitrogens with one attached hydrogen (secondary N) is 2. The molecule has 0 amide bonds. The van der Waals surface area contributed by atoms with Crippen LogP contribution in [0.5, 0.6) is 0 Å². The summed E-state index contributed by atoms with van der Waals surface area (Å²) in [6.45, 7) is 12.6. The van der Waals surface area contributed by atoms with E-state index in [0.29, 0.717) is 39.7 Å². The molecule has 3 heteroatoms. The van der Waals surface area contributed by atoms with Crippen molar-refractivity contribution in [1.29, 1.82) is 0 Å². The van der Waals surface area contributed by atoms with E-state index in [4.69, 9.17) is 0 Å². The van der Waals surface area contributed by atoms with Crippen LogP contribution >= 0.6 is 0 Å². The lowest BCUT2D eigenvalue weighted by Gasteiger charge is -2.63. The van der Waals surface area contributed by atoms with E-state index in [1.54, 1.807) is 0 Å². The van der Waals surface area contributed by atoms with E-state index in [-0.39, 0.29) is 11.5 Å². The predicted octanol–water partition coefficient (Wildman–Crippen LogP) is 4.59. The Morgan fingerprint density at radius 3 is 2.17 bits per heavy atom. The second kappa shape index (κ2) is 6.01. The second-order valence-electron chi connectivity index (χ2n) is 13.1. The zero-order valence-corrected chi connectivity index (χ0v) is 20.1.